The van der Waals surface area contributed by atoms with E-state index in [4.69, 9.17) is 5.73 Å². The maximum absolute atomic E-state index is 13.9. The third-order valence-corrected chi connectivity index (χ3v) is 12.0. The first-order valence-electron chi connectivity index (χ1n) is 16.5. The molecule has 4 saturated carbocycles. The maximum Gasteiger partial charge on any atom is 0.220 e. The van der Waals surface area contributed by atoms with Crippen LogP contribution in [0.5, 0.6) is 0 Å². The molecule has 0 radical (unpaired) electrons. The quantitative estimate of drug-likeness (QED) is 0.279. The summed E-state index contributed by atoms with van der Waals surface area (Å²) < 4.78 is 0. The Morgan fingerprint density at radius 3 is 2.49 bits per heavy atom. The van der Waals surface area contributed by atoms with Crippen LogP contribution in [0.4, 0.5) is 0 Å². The van der Waals surface area contributed by atoms with Crippen LogP contribution in [-0.2, 0) is 9.59 Å². The summed E-state index contributed by atoms with van der Waals surface area (Å²) in [5.41, 5.74) is 6.25. The number of ketones is 1. The fourth-order valence-electron chi connectivity index (χ4n) is 9.73. The average molecular weight is 545 g/mol. The molecular weight excluding hydrogens is 484 g/mol. The molecule has 0 bridgehead atoms. The molecule has 4 fully saturated rings. The van der Waals surface area contributed by atoms with Crippen LogP contribution in [0.15, 0.2) is 0 Å². The number of fused-ring (bicyclic) bond motifs is 5. The molecule has 0 spiro atoms. The van der Waals surface area contributed by atoms with E-state index in [0.717, 1.165) is 51.9 Å². The predicted octanol–water partition coefficient (Wildman–Crippen LogP) is 5.15. The Labute approximate surface area is 239 Å². The number of hydrogen-bond acceptors (Lipinski definition) is 5. The molecule has 39 heavy (non-hydrogen) atoms. The lowest BCUT2D eigenvalue weighted by molar-refractivity contribution is -0.156. The fraction of sp³-hybridized carbons (Fsp3) is 0.939. The Hall–Kier alpha value is -0.980. The number of carbonyl (C=O) groups excluding carboxylic acids is 2. The van der Waals surface area contributed by atoms with Crippen LogP contribution >= 0.6 is 0 Å². The lowest BCUT2D eigenvalue weighted by atomic mass is 9.44. The van der Waals surface area contributed by atoms with Crippen molar-refractivity contribution in [3.05, 3.63) is 0 Å². The number of rotatable bonds is 13. The van der Waals surface area contributed by atoms with Crippen LogP contribution in [0.2, 0.25) is 0 Å². The fourth-order valence-corrected chi connectivity index (χ4v) is 9.73. The van der Waals surface area contributed by atoms with E-state index in [9.17, 15) is 9.59 Å². The van der Waals surface area contributed by atoms with E-state index in [1.807, 2.05) is 13.8 Å². The molecule has 6 nitrogen and oxygen atoms in total. The first-order chi connectivity index (χ1) is 18.6. The molecule has 0 aromatic heterocycles. The maximum atomic E-state index is 13.9. The van der Waals surface area contributed by atoms with Crippen LogP contribution in [-0.4, -0.2) is 61.9 Å². The standard InChI is InChI=1S/C33H60N4O2/c1-23(2)36-30(39)10-6-9-24-11-12-27-31-28(14-16-32(24,27)3)33(4)15-13-26(21-25(33)22-29(31)38)35-18-8-20-37(5)19-7-17-34/h23-28,31,35H,6-22,34H2,1-5H3,(H,36,39)/t24-,25?,26?,27?,28?,31?,32+,33-/m0/s1. The van der Waals surface area contributed by atoms with Gasteiger partial charge in [-0.3, -0.25) is 9.59 Å². The predicted molar refractivity (Wildman–Crippen MR) is 160 cm³/mol. The molecule has 8 atom stereocenters. The van der Waals surface area contributed by atoms with Crippen molar-refractivity contribution in [2.75, 3.05) is 33.2 Å². The number of carbonyl (C=O) groups is 2. The van der Waals surface area contributed by atoms with Gasteiger partial charge in [-0.25, -0.2) is 0 Å². The average Bonchev–Trinajstić information content (AvgIpc) is 3.21. The molecule has 6 heteroatoms. The zero-order chi connectivity index (χ0) is 28.2. The van der Waals surface area contributed by atoms with Crippen LogP contribution in [0.1, 0.15) is 111 Å². The largest absolute Gasteiger partial charge is 0.354 e. The van der Waals surface area contributed by atoms with E-state index in [-0.39, 0.29) is 23.3 Å². The van der Waals surface area contributed by atoms with Crippen LogP contribution in [0, 0.1) is 40.4 Å². The highest BCUT2D eigenvalue weighted by Crippen LogP contribution is 2.67. The second-order valence-corrected chi connectivity index (χ2v) is 14.8. The van der Waals surface area contributed by atoms with Crippen molar-refractivity contribution in [3.63, 3.8) is 0 Å². The Bertz CT molecular complexity index is 833. The number of amides is 1. The zero-order valence-corrected chi connectivity index (χ0v) is 25.9. The van der Waals surface area contributed by atoms with E-state index in [1.54, 1.807) is 0 Å². The summed E-state index contributed by atoms with van der Waals surface area (Å²) in [7, 11) is 2.19. The minimum atomic E-state index is 0.190. The molecule has 0 saturated heterocycles. The van der Waals surface area contributed by atoms with Crippen molar-refractivity contribution in [1.82, 2.24) is 15.5 Å². The van der Waals surface area contributed by atoms with Gasteiger partial charge in [0.25, 0.3) is 0 Å². The molecule has 4 rings (SSSR count). The van der Waals surface area contributed by atoms with Gasteiger partial charge in [-0.2, -0.15) is 0 Å². The monoisotopic (exact) mass is 544 g/mol. The van der Waals surface area contributed by atoms with E-state index in [2.05, 4.69) is 36.4 Å². The van der Waals surface area contributed by atoms with Crippen molar-refractivity contribution in [2.45, 2.75) is 123 Å². The lowest BCUT2D eigenvalue weighted by Crippen LogP contribution is -2.58. The van der Waals surface area contributed by atoms with Crippen LogP contribution in [0.3, 0.4) is 0 Å². The Morgan fingerprint density at radius 1 is 1.03 bits per heavy atom. The zero-order valence-electron chi connectivity index (χ0n) is 25.9. The number of nitrogens with two attached hydrogens (primary N) is 1. The molecule has 0 aromatic carbocycles. The molecule has 0 heterocycles. The summed E-state index contributed by atoms with van der Waals surface area (Å²) >= 11 is 0. The van der Waals surface area contributed by atoms with Gasteiger partial charge < -0.3 is 21.3 Å². The van der Waals surface area contributed by atoms with Crippen LogP contribution < -0.4 is 16.4 Å². The first-order valence-corrected chi connectivity index (χ1v) is 16.5. The highest BCUT2D eigenvalue weighted by Gasteiger charge is 2.62. The van der Waals surface area contributed by atoms with Gasteiger partial charge in [-0.05, 0) is 152 Å². The van der Waals surface area contributed by atoms with Crippen molar-refractivity contribution >= 4 is 11.7 Å². The van der Waals surface area contributed by atoms with Gasteiger partial charge in [0.2, 0.25) is 5.91 Å². The van der Waals surface area contributed by atoms with E-state index in [0.29, 0.717) is 47.3 Å². The smallest absolute Gasteiger partial charge is 0.220 e. The second kappa shape index (κ2) is 13.3. The molecule has 4 aliphatic rings. The summed E-state index contributed by atoms with van der Waals surface area (Å²) in [4.78, 5) is 28.4. The molecule has 0 aromatic rings. The number of Topliss-reactive ketones (excluding diaryl/α,β-unsaturated/α-hetero) is 1. The van der Waals surface area contributed by atoms with Crippen LogP contribution in [0.25, 0.3) is 0 Å². The molecule has 224 valence electrons. The van der Waals surface area contributed by atoms with Crippen molar-refractivity contribution in [1.29, 1.82) is 0 Å². The van der Waals surface area contributed by atoms with Gasteiger partial charge in [0.05, 0.1) is 0 Å². The third-order valence-electron chi connectivity index (χ3n) is 12.0. The minimum Gasteiger partial charge on any atom is -0.354 e. The normalized spacial score (nSPS) is 38.0. The Morgan fingerprint density at radius 2 is 1.74 bits per heavy atom. The molecule has 1 amide bonds. The summed E-state index contributed by atoms with van der Waals surface area (Å²) in [5, 5.41) is 6.91. The van der Waals surface area contributed by atoms with Crippen molar-refractivity contribution in [2.24, 2.45) is 46.2 Å². The van der Waals surface area contributed by atoms with Gasteiger partial charge in [0.1, 0.15) is 5.78 Å². The summed E-state index contributed by atoms with van der Waals surface area (Å²) in [6.07, 6.45) is 14.5. The summed E-state index contributed by atoms with van der Waals surface area (Å²) in [5.74, 6) is 3.42. The van der Waals surface area contributed by atoms with Gasteiger partial charge in [-0.1, -0.05) is 13.8 Å². The minimum absolute atomic E-state index is 0.190. The van der Waals surface area contributed by atoms with Gasteiger partial charge in [0.15, 0.2) is 0 Å². The molecular formula is C33H60N4O2. The molecule has 4 aliphatic carbocycles. The van der Waals surface area contributed by atoms with E-state index >= 15 is 0 Å². The number of nitrogens with one attached hydrogen (secondary N) is 2. The highest BCUT2D eigenvalue weighted by molar-refractivity contribution is 5.83. The van der Waals surface area contributed by atoms with E-state index in [1.165, 1.54) is 51.4 Å². The number of hydrogen-bond donors (Lipinski definition) is 3. The van der Waals surface area contributed by atoms with Crippen molar-refractivity contribution in [3.8, 4) is 0 Å². The SMILES string of the molecule is CC(C)NC(=O)CCC[C@H]1CCC2C3C(=O)CC4CC(NCCCN(C)CCCN)CC[C@]4(C)C3CC[C@@]21C. The van der Waals surface area contributed by atoms with Gasteiger partial charge in [-0.15, -0.1) is 0 Å². The van der Waals surface area contributed by atoms with Gasteiger partial charge in [0, 0.05) is 30.8 Å². The highest BCUT2D eigenvalue weighted by atomic mass is 16.1. The second-order valence-electron chi connectivity index (χ2n) is 14.8. The summed E-state index contributed by atoms with van der Waals surface area (Å²) in [6, 6.07) is 0.785. The lowest BCUT2D eigenvalue weighted by Gasteiger charge is -2.60. The van der Waals surface area contributed by atoms with Crippen molar-refractivity contribution < 1.29 is 9.59 Å². The molecule has 4 N–H and O–H groups in total. The Balaban J connectivity index is 1.30. The van der Waals surface area contributed by atoms with Gasteiger partial charge >= 0.3 is 0 Å². The Kier molecular flexibility index (Phi) is 10.6. The number of nitrogens with zero attached hydrogens (tertiary/aromatic N) is 1. The molecule has 0 aliphatic heterocycles. The first kappa shape index (κ1) is 31.0. The topological polar surface area (TPSA) is 87.5 Å². The van der Waals surface area contributed by atoms with E-state index < -0.39 is 0 Å². The third kappa shape index (κ3) is 6.92. The summed E-state index contributed by atoms with van der Waals surface area (Å²) in [6.45, 7) is 13.2. The molecule has 5 unspecified atom stereocenters.